The SMILES string of the molecule is CCN(CC)CCCN(Cc1cc2cc3c(cc2[nH]c1=O)OCCO3)C(=S)Nc1ccccc1. The van der Waals surface area contributed by atoms with Crippen molar-refractivity contribution in [1.82, 2.24) is 14.8 Å². The molecule has 1 aromatic heterocycles. The van der Waals surface area contributed by atoms with Crippen LogP contribution in [0.3, 0.4) is 0 Å². The van der Waals surface area contributed by atoms with Gasteiger partial charge in [-0.2, -0.15) is 0 Å². The van der Waals surface area contributed by atoms with Gasteiger partial charge in [-0.25, -0.2) is 0 Å². The second-order valence-electron chi connectivity index (χ2n) is 8.30. The van der Waals surface area contributed by atoms with Crippen molar-refractivity contribution in [1.29, 1.82) is 0 Å². The first-order chi connectivity index (χ1) is 16.6. The van der Waals surface area contributed by atoms with Crippen LogP contribution in [0.25, 0.3) is 10.9 Å². The Hall–Kier alpha value is -3.10. The van der Waals surface area contributed by atoms with Gasteiger partial charge in [0.2, 0.25) is 0 Å². The van der Waals surface area contributed by atoms with E-state index < -0.39 is 0 Å². The molecule has 34 heavy (non-hydrogen) atoms. The number of thiocarbonyl (C=S) groups is 1. The molecule has 0 radical (unpaired) electrons. The molecule has 2 N–H and O–H groups in total. The van der Waals surface area contributed by atoms with E-state index >= 15 is 0 Å². The lowest BCUT2D eigenvalue weighted by atomic mass is 10.1. The summed E-state index contributed by atoms with van der Waals surface area (Å²) in [5.41, 5.74) is 2.19. The molecule has 0 amide bonds. The summed E-state index contributed by atoms with van der Waals surface area (Å²) in [7, 11) is 0. The summed E-state index contributed by atoms with van der Waals surface area (Å²) in [5.74, 6) is 1.36. The fourth-order valence-electron chi connectivity index (χ4n) is 4.11. The van der Waals surface area contributed by atoms with Crippen LogP contribution in [0.15, 0.2) is 53.3 Å². The van der Waals surface area contributed by atoms with Gasteiger partial charge in [0.25, 0.3) is 5.56 Å². The third-order valence-corrected chi connectivity index (χ3v) is 6.41. The third-order valence-electron chi connectivity index (χ3n) is 6.05. The van der Waals surface area contributed by atoms with Crippen LogP contribution in [0.4, 0.5) is 5.69 Å². The molecule has 0 fully saturated rings. The van der Waals surface area contributed by atoms with Crippen molar-refractivity contribution >= 4 is 33.9 Å². The number of aromatic amines is 1. The van der Waals surface area contributed by atoms with Crippen molar-refractivity contribution in [3.8, 4) is 11.5 Å². The fraction of sp³-hybridized carbons (Fsp3) is 0.385. The maximum absolute atomic E-state index is 13.0. The first kappa shape index (κ1) is 24.0. The Bertz CT molecular complexity index is 1180. The molecule has 1 aliphatic heterocycles. The van der Waals surface area contributed by atoms with Gasteiger partial charge in [-0.3, -0.25) is 4.79 Å². The summed E-state index contributed by atoms with van der Waals surface area (Å²) < 4.78 is 11.4. The summed E-state index contributed by atoms with van der Waals surface area (Å²) in [6, 6.07) is 15.6. The topological polar surface area (TPSA) is 69.8 Å². The number of H-pyrrole nitrogens is 1. The molecule has 3 aromatic rings. The Kier molecular flexibility index (Phi) is 8.03. The second-order valence-corrected chi connectivity index (χ2v) is 8.69. The van der Waals surface area contributed by atoms with Crippen molar-refractivity contribution in [3.63, 3.8) is 0 Å². The number of hydrogen-bond acceptors (Lipinski definition) is 5. The molecule has 0 spiro atoms. The number of ether oxygens (including phenoxy) is 2. The largest absolute Gasteiger partial charge is 0.486 e. The van der Waals surface area contributed by atoms with Crippen molar-refractivity contribution < 1.29 is 9.47 Å². The van der Waals surface area contributed by atoms with Gasteiger partial charge in [0.15, 0.2) is 16.6 Å². The summed E-state index contributed by atoms with van der Waals surface area (Å²) >= 11 is 5.76. The molecule has 180 valence electrons. The van der Waals surface area contributed by atoms with Gasteiger partial charge < -0.3 is 29.6 Å². The minimum Gasteiger partial charge on any atom is -0.486 e. The highest BCUT2D eigenvalue weighted by Gasteiger charge is 2.17. The number of benzene rings is 2. The fourth-order valence-corrected chi connectivity index (χ4v) is 4.39. The van der Waals surface area contributed by atoms with E-state index in [2.05, 4.69) is 33.9 Å². The highest BCUT2D eigenvalue weighted by molar-refractivity contribution is 7.80. The minimum atomic E-state index is -0.125. The Balaban J connectivity index is 1.56. The average Bonchev–Trinajstić information content (AvgIpc) is 2.85. The number of pyridine rings is 1. The van der Waals surface area contributed by atoms with E-state index in [0.29, 0.717) is 41.9 Å². The van der Waals surface area contributed by atoms with Gasteiger partial charge in [0, 0.05) is 29.2 Å². The molecule has 2 heterocycles. The van der Waals surface area contributed by atoms with E-state index in [1.807, 2.05) is 48.5 Å². The van der Waals surface area contributed by atoms with E-state index in [4.69, 9.17) is 21.7 Å². The van der Waals surface area contributed by atoms with Crippen molar-refractivity contribution in [2.45, 2.75) is 26.8 Å². The van der Waals surface area contributed by atoms with Crippen LogP contribution in [0, 0.1) is 0 Å². The third kappa shape index (κ3) is 5.87. The summed E-state index contributed by atoms with van der Waals surface area (Å²) in [6.07, 6.45) is 0.947. The second kappa shape index (κ2) is 11.4. The highest BCUT2D eigenvalue weighted by Crippen LogP contribution is 2.33. The minimum absolute atomic E-state index is 0.125. The lowest BCUT2D eigenvalue weighted by molar-refractivity contribution is 0.172. The monoisotopic (exact) mass is 480 g/mol. The molecule has 0 saturated carbocycles. The predicted molar refractivity (Wildman–Crippen MR) is 141 cm³/mol. The van der Waals surface area contributed by atoms with E-state index in [1.165, 1.54) is 0 Å². The highest BCUT2D eigenvalue weighted by atomic mass is 32.1. The van der Waals surface area contributed by atoms with Crippen molar-refractivity contribution in [2.75, 3.05) is 44.7 Å². The first-order valence-electron chi connectivity index (χ1n) is 11.9. The number of rotatable bonds is 9. The lowest BCUT2D eigenvalue weighted by Gasteiger charge is -2.27. The number of aromatic nitrogens is 1. The van der Waals surface area contributed by atoms with Crippen LogP contribution in [-0.2, 0) is 6.54 Å². The normalized spacial score (nSPS) is 12.7. The standard InChI is InChI=1S/C26H32N4O3S/c1-3-29(4-2)11-8-12-30(26(34)27-21-9-6-5-7-10-21)18-20-15-19-16-23-24(33-14-13-32-23)17-22(19)28-25(20)31/h5-7,9-10,15-17H,3-4,8,11-14,18H2,1-2H3,(H,27,34)(H,28,31). The van der Waals surface area contributed by atoms with Crippen LogP contribution in [0.1, 0.15) is 25.8 Å². The number of nitrogens with zero attached hydrogens (tertiary/aromatic N) is 2. The Morgan fingerprint density at radius 2 is 1.74 bits per heavy atom. The molecule has 0 aliphatic carbocycles. The summed E-state index contributed by atoms with van der Waals surface area (Å²) in [4.78, 5) is 20.4. The van der Waals surface area contributed by atoms with Crippen LogP contribution in [0.2, 0.25) is 0 Å². The maximum atomic E-state index is 13.0. The van der Waals surface area contributed by atoms with Gasteiger partial charge >= 0.3 is 0 Å². The lowest BCUT2D eigenvalue weighted by Crippen LogP contribution is -2.38. The average molecular weight is 481 g/mol. The first-order valence-corrected chi connectivity index (χ1v) is 12.3. The zero-order valence-electron chi connectivity index (χ0n) is 19.8. The predicted octanol–water partition coefficient (Wildman–Crippen LogP) is 4.23. The van der Waals surface area contributed by atoms with E-state index in [1.54, 1.807) is 0 Å². The molecule has 4 rings (SSSR count). The molecule has 2 aromatic carbocycles. The Morgan fingerprint density at radius 3 is 2.44 bits per heavy atom. The van der Waals surface area contributed by atoms with Crippen LogP contribution in [0.5, 0.6) is 11.5 Å². The number of anilines is 1. The molecule has 7 nitrogen and oxygen atoms in total. The number of para-hydroxylation sites is 1. The molecule has 0 unspecified atom stereocenters. The van der Waals surface area contributed by atoms with Gasteiger partial charge in [0.05, 0.1) is 12.1 Å². The zero-order valence-corrected chi connectivity index (χ0v) is 20.6. The van der Waals surface area contributed by atoms with Gasteiger partial charge in [-0.15, -0.1) is 0 Å². The number of hydrogen-bond donors (Lipinski definition) is 2. The molecular weight excluding hydrogens is 448 g/mol. The van der Waals surface area contributed by atoms with Gasteiger partial charge in [-0.1, -0.05) is 32.0 Å². The van der Waals surface area contributed by atoms with Gasteiger partial charge in [-0.05, 0) is 62.5 Å². The summed E-state index contributed by atoms with van der Waals surface area (Å²) in [5, 5.41) is 4.83. The van der Waals surface area contributed by atoms with Crippen LogP contribution < -0.4 is 20.3 Å². The molecule has 0 atom stereocenters. The molecule has 1 aliphatic rings. The zero-order chi connectivity index (χ0) is 23.9. The van der Waals surface area contributed by atoms with Crippen LogP contribution >= 0.6 is 12.2 Å². The van der Waals surface area contributed by atoms with E-state index in [9.17, 15) is 4.79 Å². The van der Waals surface area contributed by atoms with Gasteiger partial charge in [0.1, 0.15) is 13.2 Å². The molecular formula is C26H32N4O3S. The van der Waals surface area contributed by atoms with Crippen molar-refractivity contribution in [3.05, 3.63) is 64.4 Å². The smallest absolute Gasteiger partial charge is 0.253 e. The Labute approximate surface area is 205 Å². The Morgan fingerprint density at radius 1 is 1.03 bits per heavy atom. The maximum Gasteiger partial charge on any atom is 0.253 e. The van der Waals surface area contributed by atoms with Crippen molar-refractivity contribution in [2.24, 2.45) is 0 Å². The molecule has 0 saturated heterocycles. The molecule has 0 bridgehead atoms. The summed E-state index contributed by atoms with van der Waals surface area (Å²) in [6.45, 7) is 9.55. The quantitative estimate of drug-likeness (QED) is 0.444. The van der Waals surface area contributed by atoms with E-state index in [-0.39, 0.29) is 5.56 Å². The molecule has 8 heteroatoms. The van der Waals surface area contributed by atoms with Crippen LogP contribution in [-0.4, -0.2) is 59.3 Å². The number of nitrogens with one attached hydrogen (secondary N) is 2. The van der Waals surface area contributed by atoms with E-state index in [0.717, 1.165) is 49.2 Å². The number of fused-ring (bicyclic) bond motifs is 2.